The van der Waals surface area contributed by atoms with Gasteiger partial charge in [0, 0.05) is 43.3 Å². The van der Waals surface area contributed by atoms with Crippen molar-refractivity contribution >= 4 is 11.6 Å². The minimum atomic E-state index is 0.605. The predicted molar refractivity (Wildman–Crippen MR) is 113 cm³/mol. The largest absolute Gasteiger partial charge is 0.494 e. The van der Waals surface area contributed by atoms with E-state index in [9.17, 15) is 0 Å². The first-order valence-electron chi connectivity index (χ1n) is 9.97. The van der Waals surface area contributed by atoms with E-state index < -0.39 is 0 Å². The summed E-state index contributed by atoms with van der Waals surface area (Å²) in [5.41, 5.74) is 0.909. The zero-order valence-electron chi connectivity index (χ0n) is 16.3. The molecule has 1 saturated heterocycles. The van der Waals surface area contributed by atoms with Crippen molar-refractivity contribution in [2.45, 2.75) is 13.0 Å². The molecule has 0 unspecified atom stereocenters. The van der Waals surface area contributed by atoms with Gasteiger partial charge in [0.15, 0.2) is 0 Å². The molecule has 1 aromatic heterocycles. The van der Waals surface area contributed by atoms with Crippen molar-refractivity contribution in [2.24, 2.45) is 0 Å². The molecule has 2 aromatic carbocycles. The number of para-hydroxylation sites is 1. The predicted octanol–water partition coefficient (Wildman–Crippen LogP) is 3.98. The molecule has 0 atom stereocenters. The average molecular weight is 413 g/mol. The van der Waals surface area contributed by atoms with Gasteiger partial charge in [0.25, 0.3) is 0 Å². The van der Waals surface area contributed by atoms with Crippen LogP contribution in [0.25, 0.3) is 11.4 Å². The van der Waals surface area contributed by atoms with Gasteiger partial charge >= 0.3 is 0 Å². The topological polar surface area (TPSA) is 54.6 Å². The lowest BCUT2D eigenvalue weighted by molar-refractivity contribution is 0.112. The number of hydrogen-bond acceptors (Lipinski definition) is 6. The first kappa shape index (κ1) is 19.9. The molecule has 6 nitrogen and oxygen atoms in total. The summed E-state index contributed by atoms with van der Waals surface area (Å²) in [4.78, 5) is 9.36. The monoisotopic (exact) mass is 412 g/mol. The van der Waals surface area contributed by atoms with Crippen LogP contribution < -0.4 is 4.74 Å². The second-order valence-corrected chi connectivity index (χ2v) is 7.59. The fourth-order valence-electron chi connectivity index (χ4n) is 3.39. The van der Waals surface area contributed by atoms with E-state index in [1.807, 2.05) is 54.6 Å². The Morgan fingerprint density at radius 3 is 2.41 bits per heavy atom. The fourth-order valence-corrected chi connectivity index (χ4v) is 3.52. The van der Waals surface area contributed by atoms with Crippen molar-refractivity contribution in [3.8, 4) is 17.1 Å². The number of benzene rings is 2. The second-order valence-electron chi connectivity index (χ2n) is 7.15. The third-order valence-corrected chi connectivity index (χ3v) is 5.28. The lowest BCUT2D eigenvalue weighted by atomic mass is 10.2. The van der Waals surface area contributed by atoms with Crippen LogP contribution in [0.2, 0.25) is 5.02 Å². The molecular formula is C22H25ClN4O2. The number of nitrogens with zero attached hydrogens (tertiary/aromatic N) is 4. The molecule has 0 saturated carbocycles. The van der Waals surface area contributed by atoms with Crippen molar-refractivity contribution in [3.05, 3.63) is 65.5 Å². The number of halogens is 1. The summed E-state index contributed by atoms with van der Waals surface area (Å²) in [7, 11) is 0. The van der Waals surface area contributed by atoms with Gasteiger partial charge in [0.1, 0.15) is 5.75 Å². The zero-order chi connectivity index (χ0) is 19.9. The van der Waals surface area contributed by atoms with Crippen LogP contribution >= 0.6 is 11.6 Å². The summed E-state index contributed by atoms with van der Waals surface area (Å²) < 4.78 is 11.2. The molecule has 0 radical (unpaired) electrons. The van der Waals surface area contributed by atoms with Gasteiger partial charge in [-0.3, -0.25) is 4.90 Å². The highest BCUT2D eigenvalue weighted by Gasteiger charge is 2.19. The Bertz CT molecular complexity index is 877. The highest BCUT2D eigenvalue weighted by Crippen LogP contribution is 2.19. The van der Waals surface area contributed by atoms with E-state index in [4.69, 9.17) is 20.9 Å². The maximum Gasteiger partial charge on any atom is 0.241 e. The molecule has 2 heterocycles. The molecule has 4 rings (SSSR count). The normalized spacial score (nSPS) is 15.5. The van der Waals surface area contributed by atoms with E-state index in [0.717, 1.165) is 57.1 Å². The van der Waals surface area contributed by atoms with E-state index >= 15 is 0 Å². The van der Waals surface area contributed by atoms with E-state index in [2.05, 4.69) is 19.9 Å². The molecule has 1 aliphatic rings. The van der Waals surface area contributed by atoms with Crippen LogP contribution in [0.3, 0.4) is 0 Å². The van der Waals surface area contributed by atoms with Gasteiger partial charge in [-0.15, -0.1) is 0 Å². The third-order valence-electron chi connectivity index (χ3n) is 5.02. The van der Waals surface area contributed by atoms with E-state index in [-0.39, 0.29) is 0 Å². The molecule has 0 bridgehead atoms. The summed E-state index contributed by atoms with van der Waals surface area (Å²) in [5.74, 6) is 2.20. The lowest BCUT2D eigenvalue weighted by Gasteiger charge is -2.33. The maximum atomic E-state index is 5.93. The smallest absolute Gasteiger partial charge is 0.241 e. The minimum absolute atomic E-state index is 0.605. The lowest BCUT2D eigenvalue weighted by Crippen LogP contribution is -2.46. The standard InChI is InChI=1S/C22H25ClN4O2/c23-19-9-7-18(8-10-19)22-24-21(29-25-22)17-27-14-12-26(13-15-27)11-4-16-28-20-5-2-1-3-6-20/h1-3,5-10H,4,11-17H2. The molecule has 1 fully saturated rings. The van der Waals surface area contributed by atoms with Crippen molar-refractivity contribution in [1.29, 1.82) is 0 Å². The molecule has 29 heavy (non-hydrogen) atoms. The van der Waals surface area contributed by atoms with Gasteiger partial charge in [-0.1, -0.05) is 35.0 Å². The van der Waals surface area contributed by atoms with Gasteiger partial charge in [-0.05, 0) is 42.8 Å². The Morgan fingerprint density at radius 1 is 0.931 bits per heavy atom. The van der Waals surface area contributed by atoms with Crippen molar-refractivity contribution in [1.82, 2.24) is 19.9 Å². The number of piperazine rings is 1. The highest BCUT2D eigenvalue weighted by molar-refractivity contribution is 6.30. The van der Waals surface area contributed by atoms with Gasteiger partial charge in [-0.2, -0.15) is 4.98 Å². The van der Waals surface area contributed by atoms with Crippen molar-refractivity contribution in [2.75, 3.05) is 39.3 Å². The molecule has 7 heteroatoms. The van der Waals surface area contributed by atoms with E-state index in [0.29, 0.717) is 23.3 Å². The van der Waals surface area contributed by atoms with Crippen molar-refractivity contribution < 1.29 is 9.26 Å². The van der Waals surface area contributed by atoms with E-state index in [1.165, 1.54) is 0 Å². The summed E-state index contributed by atoms with van der Waals surface area (Å²) in [6, 6.07) is 17.4. The molecule has 0 spiro atoms. The molecule has 152 valence electrons. The Morgan fingerprint density at radius 2 is 1.66 bits per heavy atom. The summed E-state index contributed by atoms with van der Waals surface area (Å²) in [5, 5.41) is 4.79. The first-order valence-corrected chi connectivity index (χ1v) is 10.4. The molecule has 0 aliphatic carbocycles. The second kappa shape index (κ2) is 9.87. The molecule has 0 amide bonds. The van der Waals surface area contributed by atoms with Gasteiger partial charge in [0.05, 0.1) is 13.2 Å². The van der Waals surface area contributed by atoms with Crippen LogP contribution in [-0.4, -0.2) is 59.3 Å². The quantitative estimate of drug-likeness (QED) is 0.522. The average Bonchev–Trinajstić information content (AvgIpc) is 3.22. The van der Waals surface area contributed by atoms with Gasteiger partial charge in [0.2, 0.25) is 11.7 Å². The summed E-state index contributed by atoms with van der Waals surface area (Å²) in [6.07, 6.45) is 1.03. The highest BCUT2D eigenvalue weighted by atomic mass is 35.5. The van der Waals surface area contributed by atoms with Crippen molar-refractivity contribution in [3.63, 3.8) is 0 Å². The summed E-state index contributed by atoms with van der Waals surface area (Å²) >= 11 is 5.93. The molecular weight excluding hydrogens is 388 g/mol. The molecule has 0 N–H and O–H groups in total. The molecule has 1 aliphatic heterocycles. The van der Waals surface area contributed by atoms with Crippen LogP contribution in [0.1, 0.15) is 12.3 Å². The van der Waals surface area contributed by atoms with Crippen LogP contribution in [0.4, 0.5) is 0 Å². The SMILES string of the molecule is Clc1ccc(-c2noc(CN3CCN(CCCOc4ccccc4)CC3)n2)cc1. The Kier molecular flexibility index (Phi) is 6.77. The molecule has 3 aromatic rings. The van der Waals surface area contributed by atoms with Crippen LogP contribution in [-0.2, 0) is 6.54 Å². The van der Waals surface area contributed by atoms with Crippen LogP contribution in [0.15, 0.2) is 59.1 Å². The number of rotatable bonds is 8. The van der Waals surface area contributed by atoms with Crippen LogP contribution in [0.5, 0.6) is 5.75 Å². The Balaban J connectivity index is 1.17. The van der Waals surface area contributed by atoms with Gasteiger partial charge < -0.3 is 14.2 Å². The first-order chi connectivity index (χ1) is 14.3. The third kappa shape index (κ3) is 5.79. The Labute approximate surface area is 176 Å². The van der Waals surface area contributed by atoms with Crippen LogP contribution in [0, 0.1) is 0 Å². The summed E-state index contributed by atoms with van der Waals surface area (Å²) in [6.45, 7) is 6.58. The number of ether oxygens (including phenoxy) is 1. The maximum absolute atomic E-state index is 5.93. The number of hydrogen-bond donors (Lipinski definition) is 0. The van der Waals surface area contributed by atoms with Gasteiger partial charge in [-0.25, -0.2) is 0 Å². The Hall–Kier alpha value is -2.41. The number of aromatic nitrogens is 2. The van der Waals surface area contributed by atoms with E-state index in [1.54, 1.807) is 0 Å². The fraction of sp³-hybridized carbons (Fsp3) is 0.364. The zero-order valence-corrected chi connectivity index (χ0v) is 17.1. The minimum Gasteiger partial charge on any atom is -0.494 e.